The summed E-state index contributed by atoms with van der Waals surface area (Å²) in [5.41, 5.74) is 0.883. The summed E-state index contributed by atoms with van der Waals surface area (Å²) < 4.78 is 7.66. The van der Waals surface area contributed by atoms with E-state index in [0.717, 1.165) is 21.3 Å². The van der Waals surface area contributed by atoms with Crippen LogP contribution in [-0.4, -0.2) is 24.8 Å². The van der Waals surface area contributed by atoms with Crippen molar-refractivity contribution in [2.24, 2.45) is 0 Å². The lowest BCUT2D eigenvalue weighted by molar-refractivity contribution is 0.225. The van der Waals surface area contributed by atoms with Crippen molar-refractivity contribution < 1.29 is 4.74 Å². The second-order valence-corrected chi connectivity index (χ2v) is 5.96. The molecular weight excluding hydrogens is 310 g/mol. The molecule has 0 spiro atoms. The fraction of sp³-hybridized carbons (Fsp3) is 0.125. The molecule has 0 unspecified atom stereocenters. The van der Waals surface area contributed by atoms with Gasteiger partial charge in [0.1, 0.15) is 11.9 Å². The zero-order valence-corrected chi connectivity index (χ0v) is 13.1. The first-order valence-corrected chi connectivity index (χ1v) is 7.97. The van der Waals surface area contributed by atoms with Crippen LogP contribution in [0, 0.1) is 0 Å². The number of nitrogens with zero attached hydrogens (tertiary/aromatic N) is 5. The van der Waals surface area contributed by atoms with E-state index in [2.05, 4.69) is 20.3 Å². The Morgan fingerprint density at radius 1 is 1.09 bits per heavy atom. The fourth-order valence-electron chi connectivity index (χ4n) is 2.22. The lowest BCUT2D eigenvalue weighted by Gasteiger charge is -2.11. The van der Waals surface area contributed by atoms with E-state index in [1.165, 1.54) is 11.3 Å². The second-order valence-electron chi connectivity index (χ2n) is 4.97. The molecule has 1 aromatic carbocycles. The molecule has 6 nitrogen and oxygen atoms in total. The van der Waals surface area contributed by atoms with Crippen molar-refractivity contribution in [2.45, 2.75) is 13.0 Å². The van der Waals surface area contributed by atoms with Crippen LogP contribution < -0.4 is 4.74 Å². The quantitative estimate of drug-likeness (QED) is 0.576. The van der Waals surface area contributed by atoms with Crippen LogP contribution in [-0.2, 0) is 0 Å². The minimum absolute atomic E-state index is 0.161. The van der Waals surface area contributed by atoms with Crippen LogP contribution >= 0.6 is 11.3 Å². The Labute approximate surface area is 136 Å². The van der Waals surface area contributed by atoms with Crippen molar-refractivity contribution in [1.29, 1.82) is 0 Å². The van der Waals surface area contributed by atoms with E-state index in [-0.39, 0.29) is 6.10 Å². The molecule has 1 atom stereocenters. The van der Waals surface area contributed by atoms with E-state index in [1.807, 2.05) is 49.4 Å². The van der Waals surface area contributed by atoms with E-state index in [4.69, 9.17) is 4.74 Å². The predicted octanol–water partition coefficient (Wildman–Crippen LogP) is 3.39. The normalized spacial score (nSPS) is 12.4. The molecular formula is C16H13N5OS. The molecule has 0 bridgehead atoms. The molecule has 4 aromatic rings. The Kier molecular flexibility index (Phi) is 3.47. The molecule has 0 fully saturated rings. The molecule has 3 heterocycles. The van der Waals surface area contributed by atoms with Crippen LogP contribution in [0.1, 0.15) is 18.0 Å². The van der Waals surface area contributed by atoms with Gasteiger partial charge in [0, 0.05) is 18.0 Å². The van der Waals surface area contributed by atoms with Gasteiger partial charge in [-0.2, -0.15) is 9.61 Å². The molecule has 0 aliphatic heterocycles. The van der Waals surface area contributed by atoms with Gasteiger partial charge < -0.3 is 4.74 Å². The number of para-hydroxylation sites is 1. The minimum Gasteiger partial charge on any atom is -0.483 e. The highest BCUT2D eigenvalue weighted by Gasteiger charge is 2.18. The SMILES string of the molecule is C[C@@H](Oc1ccccc1)c1nn2c(-c3cccnc3)nnc2s1. The highest BCUT2D eigenvalue weighted by Crippen LogP contribution is 2.27. The smallest absolute Gasteiger partial charge is 0.235 e. The molecule has 0 aliphatic carbocycles. The van der Waals surface area contributed by atoms with Crippen molar-refractivity contribution in [3.63, 3.8) is 0 Å². The standard InChI is InChI=1S/C16H13N5OS/c1-11(22-13-7-3-2-4-8-13)15-20-21-14(18-19-16(21)23-15)12-6-5-9-17-10-12/h2-11H,1H3/t11-/m1/s1. The Bertz CT molecular complexity index is 919. The number of hydrogen-bond acceptors (Lipinski definition) is 6. The van der Waals surface area contributed by atoms with Crippen LogP contribution in [0.2, 0.25) is 0 Å². The van der Waals surface area contributed by atoms with Crippen LogP contribution in [0.15, 0.2) is 54.9 Å². The molecule has 114 valence electrons. The van der Waals surface area contributed by atoms with Gasteiger partial charge in [-0.25, -0.2) is 0 Å². The van der Waals surface area contributed by atoms with Gasteiger partial charge in [0.2, 0.25) is 4.96 Å². The number of benzene rings is 1. The average Bonchev–Trinajstić information content (AvgIpc) is 3.17. The lowest BCUT2D eigenvalue weighted by Crippen LogP contribution is -2.03. The molecule has 7 heteroatoms. The second kappa shape index (κ2) is 5.77. The van der Waals surface area contributed by atoms with Gasteiger partial charge in [0.15, 0.2) is 10.8 Å². The summed E-state index contributed by atoms with van der Waals surface area (Å²) >= 11 is 1.47. The third-order valence-electron chi connectivity index (χ3n) is 3.33. The van der Waals surface area contributed by atoms with Gasteiger partial charge >= 0.3 is 0 Å². The van der Waals surface area contributed by atoms with Crippen LogP contribution in [0.25, 0.3) is 16.3 Å². The van der Waals surface area contributed by atoms with E-state index in [9.17, 15) is 0 Å². The number of fused-ring (bicyclic) bond motifs is 1. The molecule has 0 N–H and O–H groups in total. The van der Waals surface area contributed by atoms with E-state index in [0.29, 0.717) is 5.82 Å². The molecule has 0 aliphatic rings. The summed E-state index contributed by atoms with van der Waals surface area (Å²) in [6.45, 7) is 1.97. The number of ether oxygens (including phenoxy) is 1. The molecule has 4 rings (SSSR count). The van der Waals surface area contributed by atoms with Crippen molar-refractivity contribution in [3.8, 4) is 17.1 Å². The predicted molar refractivity (Wildman–Crippen MR) is 87.4 cm³/mol. The highest BCUT2D eigenvalue weighted by atomic mass is 32.1. The van der Waals surface area contributed by atoms with Crippen LogP contribution in [0.4, 0.5) is 0 Å². The summed E-state index contributed by atoms with van der Waals surface area (Å²) in [5, 5.41) is 13.8. The number of pyridine rings is 1. The Hall–Kier alpha value is -2.80. The van der Waals surface area contributed by atoms with E-state index < -0.39 is 0 Å². The zero-order valence-electron chi connectivity index (χ0n) is 12.3. The Morgan fingerprint density at radius 3 is 2.74 bits per heavy atom. The third kappa shape index (κ3) is 2.66. The maximum absolute atomic E-state index is 5.92. The van der Waals surface area contributed by atoms with Crippen molar-refractivity contribution in [1.82, 2.24) is 24.8 Å². The van der Waals surface area contributed by atoms with Gasteiger partial charge in [-0.15, -0.1) is 10.2 Å². The first kappa shape index (κ1) is 13.8. The lowest BCUT2D eigenvalue weighted by atomic mass is 10.3. The van der Waals surface area contributed by atoms with Crippen LogP contribution in [0.5, 0.6) is 5.75 Å². The monoisotopic (exact) mass is 323 g/mol. The summed E-state index contributed by atoms with van der Waals surface area (Å²) in [5.74, 6) is 1.50. The summed E-state index contributed by atoms with van der Waals surface area (Å²) in [6.07, 6.45) is 3.31. The topological polar surface area (TPSA) is 65.2 Å². The summed E-state index contributed by atoms with van der Waals surface area (Å²) in [7, 11) is 0. The van der Waals surface area contributed by atoms with Crippen molar-refractivity contribution >= 4 is 16.3 Å². The molecule has 0 radical (unpaired) electrons. The Morgan fingerprint density at radius 2 is 1.96 bits per heavy atom. The summed E-state index contributed by atoms with van der Waals surface area (Å²) in [6, 6.07) is 13.5. The molecule has 0 amide bonds. The highest BCUT2D eigenvalue weighted by molar-refractivity contribution is 7.16. The number of aromatic nitrogens is 5. The molecule has 0 saturated carbocycles. The van der Waals surface area contributed by atoms with E-state index in [1.54, 1.807) is 16.9 Å². The van der Waals surface area contributed by atoms with Crippen LogP contribution in [0.3, 0.4) is 0 Å². The summed E-state index contributed by atoms with van der Waals surface area (Å²) in [4.78, 5) is 4.85. The van der Waals surface area contributed by atoms with Gasteiger partial charge in [-0.1, -0.05) is 29.5 Å². The van der Waals surface area contributed by atoms with Gasteiger partial charge in [-0.05, 0) is 31.2 Å². The molecule has 3 aromatic heterocycles. The largest absolute Gasteiger partial charge is 0.483 e. The van der Waals surface area contributed by atoms with E-state index >= 15 is 0 Å². The fourth-order valence-corrected chi connectivity index (χ4v) is 3.04. The minimum atomic E-state index is -0.161. The number of rotatable bonds is 4. The maximum Gasteiger partial charge on any atom is 0.235 e. The van der Waals surface area contributed by atoms with Gasteiger partial charge in [0.25, 0.3) is 0 Å². The van der Waals surface area contributed by atoms with Gasteiger partial charge in [0.05, 0.1) is 0 Å². The molecule has 0 saturated heterocycles. The zero-order chi connectivity index (χ0) is 15.6. The first-order chi connectivity index (χ1) is 11.3. The van der Waals surface area contributed by atoms with Crippen molar-refractivity contribution in [3.05, 3.63) is 59.9 Å². The molecule has 23 heavy (non-hydrogen) atoms. The average molecular weight is 323 g/mol. The van der Waals surface area contributed by atoms with Gasteiger partial charge in [-0.3, -0.25) is 4.98 Å². The van der Waals surface area contributed by atoms with Crippen molar-refractivity contribution in [2.75, 3.05) is 0 Å². The number of hydrogen-bond donors (Lipinski definition) is 0. The Balaban J connectivity index is 1.66. The third-order valence-corrected chi connectivity index (χ3v) is 4.39. The first-order valence-electron chi connectivity index (χ1n) is 7.15. The maximum atomic E-state index is 5.92.